The third-order valence-corrected chi connectivity index (χ3v) is 5.61. The lowest BCUT2D eigenvalue weighted by atomic mass is 9.94. The lowest BCUT2D eigenvalue weighted by molar-refractivity contribution is -0.134. The third kappa shape index (κ3) is 3.46. The summed E-state index contributed by atoms with van der Waals surface area (Å²) in [7, 11) is 2.02. The van der Waals surface area contributed by atoms with Crippen LogP contribution in [0, 0.1) is 17.7 Å². The summed E-state index contributed by atoms with van der Waals surface area (Å²) in [6, 6.07) is 6.68. The van der Waals surface area contributed by atoms with Crippen molar-refractivity contribution in [2.75, 3.05) is 13.1 Å². The zero-order valence-electron chi connectivity index (χ0n) is 14.6. The fraction of sp³-hybridized carbons (Fsp3) is 0.500. The van der Waals surface area contributed by atoms with Crippen LogP contribution in [-0.4, -0.2) is 33.4 Å². The number of hydrogen-bond acceptors (Lipinski definition) is 2. The number of nitrogens with zero attached hydrogens (tertiary/aromatic N) is 3. The van der Waals surface area contributed by atoms with Gasteiger partial charge in [0.15, 0.2) is 0 Å². The molecule has 4 rings (SSSR count). The van der Waals surface area contributed by atoms with E-state index in [1.165, 1.54) is 6.07 Å². The zero-order valence-corrected chi connectivity index (χ0v) is 14.6. The first kappa shape index (κ1) is 16.3. The van der Waals surface area contributed by atoms with Crippen LogP contribution in [0.3, 0.4) is 0 Å². The van der Waals surface area contributed by atoms with Gasteiger partial charge in [0.1, 0.15) is 11.6 Å². The van der Waals surface area contributed by atoms with Crippen LogP contribution in [0.1, 0.15) is 36.6 Å². The molecule has 2 heterocycles. The minimum atomic E-state index is -0.219. The SMILES string of the molecule is Cn1ccnc1C[C@@H]1CCCN(C(=O)[C@@H]2C[C@H]2c2cccc(F)c2)C1. The molecule has 132 valence electrons. The van der Waals surface area contributed by atoms with E-state index in [0.29, 0.717) is 5.92 Å². The van der Waals surface area contributed by atoms with Crippen LogP contribution in [0.4, 0.5) is 4.39 Å². The van der Waals surface area contributed by atoms with Gasteiger partial charge in [0.2, 0.25) is 5.91 Å². The Kier molecular flexibility index (Phi) is 4.32. The summed E-state index contributed by atoms with van der Waals surface area (Å²) in [5, 5.41) is 0. The molecule has 0 radical (unpaired) electrons. The molecular weight excluding hydrogens is 317 g/mol. The maximum atomic E-state index is 13.4. The summed E-state index contributed by atoms with van der Waals surface area (Å²) in [4.78, 5) is 19.3. The molecule has 1 aliphatic carbocycles. The zero-order chi connectivity index (χ0) is 17.4. The lowest BCUT2D eigenvalue weighted by Crippen LogP contribution is -2.41. The number of rotatable bonds is 4. The molecule has 25 heavy (non-hydrogen) atoms. The number of carbonyl (C=O) groups excluding carboxylic acids is 1. The third-order valence-electron chi connectivity index (χ3n) is 5.61. The van der Waals surface area contributed by atoms with Gasteiger partial charge >= 0.3 is 0 Å². The summed E-state index contributed by atoms with van der Waals surface area (Å²) in [6.07, 6.45) is 7.77. The van der Waals surface area contributed by atoms with Gasteiger partial charge in [0.05, 0.1) is 0 Å². The molecule has 1 aliphatic heterocycles. The Balaban J connectivity index is 1.37. The number of carbonyl (C=O) groups is 1. The maximum Gasteiger partial charge on any atom is 0.226 e. The smallest absolute Gasteiger partial charge is 0.226 e. The van der Waals surface area contributed by atoms with Crippen molar-refractivity contribution in [1.29, 1.82) is 0 Å². The summed E-state index contributed by atoms with van der Waals surface area (Å²) in [6.45, 7) is 1.67. The summed E-state index contributed by atoms with van der Waals surface area (Å²) < 4.78 is 15.5. The van der Waals surface area contributed by atoms with Gasteiger partial charge in [-0.3, -0.25) is 4.79 Å². The Morgan fingerprint density at radius 2 is 2.28 bits per heavy atom. The Hall–Kier alpha value is -2.17. The molecular formula is C20H24FN3O. The fourth-order valence-corrected chi connectivity index (χ4v) is 4.09. The number of benzene rings is 1. The first-order valence-electron chi connectivity index (χ1n) is 9.12. The van der Waals surface area contributed by atoms with Crippen LogP contribution in [0.25, 0.3) is 0 Å². The van der Waals surface area contributed by atoms with E-state index in [9.17, 15) is 9.18 Å². The first-order chi connectivity index (χ1) is 12.1. The molecule has 1 aromatic heterocycles. The van der Waals surface area contributed by atoms with Gasteiger partial charge in [0.25, 0.3) is 0 Å². The number of likely N-dealkylation sites (tertiary alicyclic amines) is 1. The number of piperidine rings is 1. The predicted octanol–water partition coefficient (Wildman–Crippen LogP) is 3.14. The largest absolute Gasteiger partial charge is 0.342 e. The van der Waals surface area contributed by atoms with E-state index in [1.807, 2.05) is 30.4 Å². The molecule has 2 aliphatic rings. The minimum Gasteiger partial charge on any atom is -0.342 e. The van der Waals surface area contributed by atoms with Crippen molar-refractivity contribution in [3.8, 4) is 0 Å². The monoisotopic (exact) mass is 341 g/mol. The van der Waals surface area contributed by atoms with Gasteiger partial charge in [-0.2, -0.15) is 0 Å². The topological polar surface area (TPSA) is 38.1 Å². The van der Waals surface area contributed by atoms with Crippen LogP contribution < -0.4 is 0 Å². The first-order valence-corrected chi connectivity index (χ1v) is 9.12. The van der Waals surface area contributed by atoms with Crippen LogP contribution in [-0.2, 0) is 18.3 Å². The maximum absolute atomic E-state index is 13.4. The number of aryl methyl sites for hydroxylation is 1. The highest BCUT2D eigenvalue weighted by atomic mass is 19.1. The van der Waals surface area contributed by atoms with Gasteiger partial charge in [-0.1, -0.05) is 12.1 Å². The number of aromatic nitrogens is 2. The fourth-order valence-electron chi connectivity index (χ4n) is 4.09. The van der Waals surface area contributed by atoms with Crippen molar-refractivity contribution in [2.24, 2.45) is 18.9 Å². The molecule has 1 saturated carbocycles. The van der Waals surface area contributed by atoms with Crippen molar-refractivity contribution in [1.82, 2.24) is 14.5 Å². The minimum absolute atomic E-state index is 0.0358. The second kappa shape index (κ2) is 6.62. The molecule has 0 unspecified atom stereocenters. The molecule has 1 amide bonds. The van der Waals surface area contributed by atoms with Crippen LogP contribution >= 0.6 is 0 Å². The number of halogens is 1. The second-order valence-electron chi connectivity index (χ2n) is 7.45. The van der Waals surface area contributed by atoms with E-state index in [0.717, 1.165) is 50.2 Å². The molecule has 0 spiro atoms. The van der Waals surface area contributed by atoms with E-state index < -0.39 is 0 Å². The van der Waals surface area contributed by atoms with Gasteiger partial charge in [-0.15, -0.1) is 0 Å². The highest BCUT2D eigenvalue weighted by Gasteiger charge is 2.46. The van der Waals surface area contributed by atoms with Gasteiger partial charge < -0.3 is 9.47 Å². The van der Waals surface area contributed by atoms with Gasteiger partial charge in [0, 0.05) is 44.9 Å². The average molecular weight is 341 g/mol. The molecule has 5 heteroatoms. The van der Waals surface area contributed by atoms with Crippen molar-refractivity contribution < 1.29 is 9.18 Å². The Morgan fingerprint density at radius 1 is 1.40 bits per heavy atom. The molecule has 4 nitrogen and oxygen atoms in total. The van der Waals surface area contributed by atoms with Gasteiger partial charge in [-0.25, -0.2) is 9.37 Å². The van der Waals surface area contributed by atoms with E-state index >= 15 is 0 Å². The van der Waals surface area contributed by atoms with Crippen molar-refractivity contribution in [2.45, 2.75) is 31.6 Å². The number of hydrogen-bond donors (Lipinski definition) is 0. The van der Waals surface area contributed by atoms with Crippen LogP contribution in [0.2, 0.25) is 0 Å². The number of amides is 1. The Morgan fingerprint density at radius 3 is 3.04 bits per heavy atom. The van der Waals surface area contributed by atoms with Gasteiger partial charge in [-0.05, 0) is 48.8 Å². The molecule has 1 aromatic carbocycles. The van der Waals surface area contributed by atoms with Crippen molar-refractivity contribution in [3.05, 3.63) is 53.9 Å². The number of imidazole rings is 1. The molecule has 3 atom stereocenters. The summed E-state index contributed by atoms with van der Waals surface area (Å²) >= 11 is 0. The molecule has 1 saturated heterocycles. The van der Waals surface area contributed by atoms with E-state index in [-0.39, 0.29) is 23.6 Å². The van der Waals surface area contributed by atoms with E-state index in [4.69, 9.17) is 0 Å². The highest BCUT2D eigenvalue weighted by molar-refractivity contribution is 5.83. The molecule has 2 aromatic rings. The lowest BCUT2D eigenvalue weighted by Gasteiger charge is -2.33. The predicted molar refractivity (Wildman–Crippen MR) is 93.5 cm³/mol. The van der Waals surface area contributed by atoms with Crippen LogP contribution in [0.15, 0.2) is 36.7 Å². The Bertz CT molecular complexity index is 772. The van der Waals surface area contributed by atoms with Crippen LogP contribution in [0.5, 0.6) is 0 Å². The quantitative estimate of drug-likeness (QED) is 0.857. The second-order valence-corrected chi connectivity index (χ2v) is 7.45. The molecule has 0 N–H and O–H groups in total. The normalized spacial score (nSPS) is 25.8. The molecule has 2 fully saturated rings. The molecule has 0 bridgehead atoms. The average Bonchev–Trinajstić information content (AvgIpc) is 3.32. The van der Waals surface area contributed by atoms with Crippen molar-refractivity contribution in [3.63, 3.8) is 0 Å². The highest BCUT2D eigenvalue weighted by Crippen LogP contribution is 2.48. The van der Waals surface area contributed by atoms with E-state index in [1.54, 1.807) is 12.1 Å². The summed E-state index contributed by atoms with van der Waals surface area (Å²) in [5.41, 5.74) is 0.958. The summed E-state index contributed by atoms with van der Waals surface area (Å²) in [5.74, 6) is 1.82. The standard InChI is InChI=1S/C20H24FN3O/c1-23-9-7-22-19(23)10-14-4-3-8-24(13-14)20(25)18-12-17(18)15-5-2-6-16(21)11-15/h2,5-7,9,11,14,17-18H,3-4,8,10,12-13H2,1H3/t14-,17-,18+/m0/s1. The van der Waals surface area contributed by atoms with Crippen molar-refractivity contribution >= 4 is 5.91 Å². The Labute approximate surface area is 147 Å². The van der Waals surface area contributed by atoms with E-state index in [2.05, 4.69) is 9.55 Å².